The van der Waals surface area contributed by atoms with Gasteiger partial charge >= 0.3 is 0 Å². The van der Waals surface area contributed by atoms with Gasteiger partial charge in [-0.3, -0.25) is 0 Å². The highest BCUT2D eigenvalue weighted by Gasteiger charge is 2.30. The van der Waals surface area contributed by atoms with Crippen molar-refractivity contribution in [1.29, 1.82) is 0 Å². The van der Waals surface area contributed by atoms with Gasteiger partial charge in [0.25, 0.3) is 0 Å². The Hall–Kier alpha value is -15.6. The van der Waals surface area contributed by atoms with E-state index in [-0.39, 0.29) is 6.17 Å². The number of hydrogen-bond acceptors (Lipinski definition) is 10. The molecule has 0 bridgehead atoms. The molecule has 24 aromatic rings. The van der Waals surface area contributed by atoms with Gasteiger partial charge in [-0.1, -0.05) is 208 Å². The third-order valence-electron chi connectivity index (χ3n) is 25.5. The fourth-order valence-corrected chi connectivity index (χ4v) is 19.0. The van der Waals surface area contributed by atoms with Crippen molar-refractivity contribution in [3.63, 3.8) is 0 Å². The molecule has 0 fully saturated rings. The number of anilines is 1. The van der Waals surface area contributed by atoms with E-state index in [2.05, 4.69) is 252 Å². The highest BCUT2D eigenvalue weighted by atomic mass is 16.3. The molecule has 0 radical (unpaired) electrons. The van der Waals surface area contributed by atoms with Crippen molar-refractivity contribution in [2.24, 2.45) is 28.2 Å². The molecule has 15 aromatic carbocycles. The summed E-state index contributed by atoms with van der Waals surface area (Å²) >= 11 is 0. The summed E-state index contributed by atoms with van der Waals surface area (Å²) in [5.74, 6) is 0. The van der Waals surface area contributed by atoms with E-state index in [1.165, 1.54) is 70.6 Å². The molecule has 0 saturated heterocycles. The minimum atomic E-state index is -2.26. The van der Waals surface area contributed by atoms with Gasteiger partial charge in [0, 0.05) is 106 Å². The first-order valence-corrected chi connectivity index (χ1v) is 42.7. The van der Waals surface area contributed by atoms with Crippen molar-refractivity contribution in [3.05, 3.63) is 355 Å². The number of fused-ring (bicyclic) bond motifs is 25. The van der Waals surface area contributed by atoms with Gasteiger partial charge in [0.15, 0.2) is 51.2 Å². The maximum Gasteiger partial charge on any atom is 0.243 e. The van der Waals surface area contributed by atoms with Crippen molar-refractivity contribution in [2.75, 3.05) is 11.9 Å². The zero-order valence-corrected chi connectivity index (χ0v) is 72.5. The summed E-state index contributed by atoms with van der Waals surface area (Å²) in [6, 6.07) is 90.5. The summed E-state index contributed by atoms with van der Waals surface area (Å²) in [4.78, 5) is 4.50. The fourth-order valence-electron chi connectivity index (χ4n) is 19.0. The lowest BCUT2D eigenvalue weighted by Crippen LogP contribution is -2.37. The largest absolute Gasteiger partial charge is 0.455 e. The Bertz CT molecular complexity index is 8920. The predicted octanol–water partition coefficient (Wildman–Crippen LogP) is 26.0. The summed E-state index contributed by atoms with van der Waals surface area (Å²) < 4.78 is 90.2. The lowest BCUT2D eigenvalue weighted by atomic mass is 9.95. The van der Waals surface area contributed by atoms with Crippen LogP contribution in [0.15, 0.2) is 332 Å². The zero-order chi connectivity index (χ0) is 91.9. The van der Waals surface area contributed by atoms with Crippen LogP contribution in [0.4, 0.5) is 5.69 Å². The Morgan fingerprint density at radius 3 is 1.23 bits per heavy atom. The van der Waals surface area contributed by atoms with Gasteiger partial charge in [0.05, 0.1) is 47.2 Å². The van der Waals surface area contributed by atoms with Crippen molar-refractivity contribution >= 4 is 169 Å². The molecule has 1 atom stereocenters. The van der Waals surface area contributed by atoms with Crippen LogP contribution in [0.5, 0.6) is 0 Å². The number of rotatable bonds is 5. The number of furan rings is 5. The molecule has 9 aromatic heterocycles. The third-order valence-corrected chi connectivity index (χ3v) is 25.5. The standard InChI is InChI=1S/3C23H19N2O.C22H20N2O.C21H17N2O/c1-14-13-18-22-17-8-5-4-7-16(17)10-11-20(22)26-23(18)21(15(14)2)19-9-6-12-24-25(19)3;1-14-13-15(2)21-22-17-8-5-4-7-16(17)10-11-19(22)26-23(21)20(14)18-9-6-12-24-25(18)3;1-14-12-19(25(3)24-13-14)21-15(2)8-10-18-22-17-7-5-4-6-16(17)9-11-20(22)26-23(18)21;1-14-8-10-18-20-17-7-5-4-6-16(17)9-11-19(20)25-22(18)21(14)24-13-12-23(3)15(24)2;1-14-8-10-17-19-16-7-4-3-6-15(16)9-11-18(19)24-21(17)20(14)23-13-5-12-22(23)2/h3*4-13H,1-3H3;4-13,15H,1-3H3;3-13H,1-2H3/q3*+1;;+1/t;;;15-;/m...0./s1/i1D3;2D3;;;. The van der Waals surface area contributed by atoms with Crippen LogP contribution in [0.3, 0.4) is 0 Å². The Kier molecular flexibility index (Phi) is 17.7. The Labute approximate surface area is 741 Å². The number of nitrogens with zero attached hydrogens (tertiary/aromatic N) is 10. The first-order valence-electron chi connectivity index (χ1n) is 45.7. The van der Waals surface area contributed by atoms with Gasteiger partial charge in [-0.25, -0.2) is 0 Å². The van der Waals surface area contributed by atoms with E-state index in [9.17, 15) is 0 Å². The molecule has 25 rings (SSSR count). The number of benzene rings is 15. The molecule has 1 aliphatic rings. The van der Waals surface area contributed by atoms with E-state index in [1.807, 2.05) is 156 Å². The molecule has 15 heteroatoms. The molecule has 618 valence electrons. The summed E-state index contributed by atoms with van der Waals surface area (Å²) in [6.45, 7) is 9.95. The van der Waals surface area contributed by atoms with Gasteiger partial charge in [0.2, 0.25) is 17.1 Å². The normalized spacial score (nSPS) is 13.7. The van der Waals surface area contributed by atoms with Crippen LogP contribution in [-0.2, 0) is 28.2 Å². The SMILES string of the molecule is Cc1ccc2c(oc3ccc4ccccc4c32)c1-n1ccc[n+]1C.Cc1ccc2c(oc3ccc4ccccc4c32)c1N1C=CN(C)[C@@H]1C.Cc1cn[n+](C)c(-c2c(C)ccc3c2oc2ccc4ccccc4c23)c1.[2H]C([2H])([2H])c1cc(C)c(-c2cccn[n+]2C)c2oc3ccc4ccccc4c3c12.[2H]C([2H])([2H])c1cc2c(oc3ccc4ccccc4c32)c(-c2cccn[n+]2C)c1C. The molecule has 0 N–H and O–H groups in total. The second kappa shape index (κ2) is 31.3. The molecule has 0 spiro atoms. The van der Waals surface area contributed by atoms with Crippen molar-refractivity contribution in [2.45, 2.75) is 68.3 Å². The maximum absolute atomic E-state index is 8.17. The smallest absolute Gasteiger partial charge is 0.243 e. The quantitative estimate of drug-likeness (QED) is 0.153. The van der Waals surface area contributed by atoms with E-state index in [0.29, 0.717) is 38.8 Å². The average molecular weight is 1670 g/mol. The Morgan fingerprint density at radius 2 is 0.748 bits per heavy atom. The molecular weight excluding hydrogens is 1570 g/mol. The van der Waals surface area contributed by atoms with Crippen LogP contribution in [0.25, 0.3) is 203 Å². The first-order chi connectivity index (χ1) is 64.2. The number of aromatic nitrogens is 8. The highest BCUT2D eigenvalue weighted by molar-refractivity contribution is 6.26. The van der Waals surface area contributed by atoms with Gasteiger partial charge in [0.1, 0.15) is 50.8 Å². The molecule has 0 unspecified atom stereocenters. The average Bonchev–Trinajstić information content (AvgIpc) is 1.59. The van der Waals surface area contributed by atoms with Crippen LogP contribution in [0.2, 0.25) is 0 Å². The van der Waals surface area contributed by atoms with E-state index >= 15 is 0 Å². The Balaban J connectivity index is 0.000000100. The monoisotopic (exact) mass is 1660 g/mol. The van der Waals surface area contributed by atoms with Crippen molar-refractivity contribution in [3.8, 4) is 39.5 Å². The summed E-state index contributed by atoms with van der Waals surface area (Å²) in [6.07, 6.45) is 13.9. The topological polar surface area (TPSA) is 131 Å². The highest BCUT2D eigenvalue weighted by Crippen LogP contribution is 2.48. The van der Waals surface area contributed by atoms with Crippen molar-refractivity contribution < 1.29 is 49.0 Å². The first kappa shape index (κ1) is 71.9. The molecule has 0 amide bonds. The van der Waals surface area contributed by atoms with E-state index in [4.69, 9.17) is 30.3 Å². The molecule has 1 aliphatic heterocycles. The number of aryl methyl sites for hydroxylation is 11. The fraction of sp³-hybridized carbons (Fsp3) is 0.134. The van der Waals surface area contributed by atoms with Gasteiger partial charge in [-0.05, 0) is 224 Å². The van der Waals surface area contributed by atoms with Gasteiger partial charge < -0.3 is 31.9 Å². The second-order valence-electron chi connectivity index (χ2n) is 33.3. The Morgan fingerprint density at radius 1 is 0.331 bits per heavy atom. The summed E-state index contributed by atoms with van der Waals surface area (Å²) in [5.41, 5.74) is 23.0. The van der Waals surface area contributed by atoms with Crippen LogP contribution in [-0.4, -0.2) is 38.1 Å². The van der Waals surface area contributed by atoms with E-state index in [1.54, 1.807) is 33.9 Å². The van der Waals surface area contributed by atoms with Crippen LogP contribution >= 0.6 is 0 Å². The maximum atomic E-state index is 8.17. The van der Waals surface area contributed by atoms with Crippen molar-refractivity contribution in [1.82, 2.24) is 24.9 Å². The van der Waals surface area contributed by atoms with Gasteiger partial charge in [-0.2, -0.15) is 0 Å². The van der Waals surface area contributed by atoms with Gasteiger partial charge in [-0.15, -0.1) is 9.36 Å². The molecule has 15 nitrogen and oxygen atoms in total. The summed E-state index contributed by atoms with van der Waals surface area (Å²) in [7, 11) is 9.83. The molecule has 10 heterocycles. The zero-order valence-electron chi connectivity index (χ0n) is 78.5. The molecule has 127 heavy (non-hydrogen) atoms. The van der Waals surface area contributed by atoms with E-state index in [0.717, 1.165) is 144 Å². The minimum absolute atomic E-state index is 0.272. The molecule has 0 aliphatic carbocycles. The summed E-state index contributed by atoms with van der Waals surface area (Å²) in [5, 5.41) is 35.1. The lowest BCUT2D eigenvalue weighted by Gasteiger charge is -2.28. The second-order valence-corrected chi connectivity index (χ2v) is 33.3. The van der Waals surface area contributed by atoms with Crippen LogP contribution < -0.4 is 23.6 Å². The lowest BCUT2D eigenvalue weighted by molar-refractivity contribution is -0.744. The minimum Gasteiger partial charge on any atom is -0.455 e. The van der Waals surface area contributed by atoms with E-state index < -0.39 is 13.7 Å². The van der Waals surface area contributed by atoms with Crippen LogP contribution in [0, 0.1) is 55.2 Å². The number of hydrogen-bond donors (Lipinski definition) is 0. The predicted molar refractivity (Wildman–Crippen MR) is 517 cm³/mol. The molecular formula is C112H94N10O5+4. The molecule has 0 saturated carbocycles. The van der Waals surface area contributed by atoms with Crippen LogP contribution in [0.1, 0.15) is 59.7 Å². The third kappa shape index (κ3) is 13.2.